The van der Waals surface area contributed by atoms with Gasteiger partial charge in [0.15, 0.2) is 0 Å². The van der Waals surface area contributed by atoms with Crippen LogP contribution in [-0.4, -0.2) is 0 Å². The molecule has 10 aromatic rings. The van der Waals surface area contributed by atoms with Gasteiger partial charge in [-0.2, -0.15) is 0 Å². The molecule has 252 valence electrons. The van der Waals surface area contributed by atoms with Gasteiger partial charge in [-0.3, -0.25) is 0 Å². The highest BCUT2D eigenvalue weighted by Crippen LogP contribution is 2.46. The molecule has 53 heavy (non-hydrogen) atoms. The lowest BCUT2D eigenvalue weighted by atomic mass is 9.97. The summed E-state index contributed by atoms with van der Waals surface area (Å²) in [4.78, 5) is 2.39. The molecule has 0 amide bonds. The Labute approximate surface area is 307 Å². The van der Waals surface area contributed by atoms with E-state index in [1.807, 2.05) is 0 Å². The number of hydrogen-bond donors (Lipinski definition) is 0. The molecule has 0 saturated carbocycles. The molecule has 0 fully saturated rings. The number of para-hydroxylation sites is 1. The first-order valence-corrected chi connectivity index (χ1v) is 18.1. The summed E-state index contributed by atoms with van der Waals surface area (Å²) in [6, 6.07) is 60.4. The second-order valence-electron chi connectivity index (χ2n) is 13.6. The molecule has 0 saturated heterocycles. The van der Waals surface area contributed by atoms with Crippen LogP contribution in [-0.2, 0) is 0 Å². The standard InChI is InChI=1S/C50H35NO2/c1-3-45(49-32(2)52-50-41-19-10-9-15-35(41)23-27-42(49)50)51(39-25-21-34(22-26-39)33-13-5-4-6-14-33)46-20-12-11-18-40(46)38-24-28-47-43(30-38)44-29-36-16-7-8-17-37(36)31-48(44)53-47/h3-31H,1-2H3/b45-3+. The molecule has 0 bridgehead atoms. The third-order valence-electron chi connectivity index (χ3n) is 10.6. The van der Waals surface area contributed by atoms with Gasteiger partial charge in [0.2, 0.25) is 0 Å². The van der Waals surface area contributed by atoms with E-state index in [-0.39, 0.29) is 0 Å². The van der Waals surface area contributed by atoms with E-state index in [0.717, 1.165) is 83.2 Å². The molecule has 2 heterocycles. The molecule has 0 aliphatic heterocycles. The minimum Gasteiger partial charge on any atom is -0.460 e. The fourth-order valence-corrected chi connectivity index (χ4v) is 8.03. The van der Waals surface area contributed by atoms with Crippen LogP contribution < -0.4 is 4.90 Å². The number of hydrogen-bond acceptors (Lipinski definition) is 3. The van der Waals surface area contributed by atoms with Gasteiger partial charge in [-0.1, -0.05) is 127 Å². The van der Waals surface area contributed by atoms with Crippen LogP contribution in [0, 0.1) is 6.92 Å². The summed E-state index contributed by atoms with van der Waals surface area (Å²) >= 11 is 0. The van der Waals surface area contributed by atoms with Gasteiger partial charge < -0.3 is 13.7 Å². The Morgan fingerprint density at radius 3 is 1.96 bits per heavy atom. The van der Waals surface area contributed by atoms with Crippen LogP contribution >= 0.6 is 0 Å². The number of fused-ring (bicyclic) bond motifs is 7. The van der Waals surface area contributed by atoms with Gasteiger partial charge in [0.25, 0.3) is 0 Å². The van der Waals surface area contributed by atoms with Crippen molar-refractivity contribution in [2.75, 3.05) is 4.90 Å². The van der Waals surface area contributed by atoms with Crippen molar-refractivity contribution in [3.63, 3.8) is 0 Å². The summed E-state index contributed by atoms with van der Waals surface area (Å²) in [7, 11) is 0. The van der Waals surface area contributed by atoms with Gasteiger partial charge >= 0.3 is 0 Å². The Hall–Kier alpha value is -6.84. The van der Waals surface area contributed by atoms with Crippen molar-refractivity contribution in [3.8, 4) is 22.3 Å². The second-order valence-corrected chi connectivity index (χ2v) is 13.6. The number of nitrogens with zero attached hydrogens (tertiary/aromatic N) is 1. The van der Waals surface area contributed by atoms with Crippen molar-refractivity contribution in [2.24, 2.45) is 0 Å². The van der Waals surface area contributed by atoms with Crippen LogP contribution in [0.2, 0.25) is 0 Å². The Kier molecular flexibility index (Phi) is 7.26. The van der Waals surface area contributed by atoms with Crippen LogP contribution in [0.3, 0.4) is 0 Å². The van der Waals surface area contributed by atoms with E-state index in [1.54, 1.807) is 0 Å². The molecule has 0 spiro atoms. The minimum atomic E-state index is 0.881. The number of rotatable bonds is 6. The number of benzene rings is 8. The summed E-state index contributed by atoms with van der Waals surface area (Å²) in [6.07, 6.45) is 2.21. The van der Waals surface area contributed by atoms with E-state index in [9.17, 15) is 0 Å². The second kappa shape index (κ2) is 12.4. The van der Waals surface area contributed by atoms with Crippen molar-refractivity contribution in [3.05, 3.63) is 187 Å². The zero-order valence-corrected chi connectivity index (χ0v) is 29.5. The number of anilines is 2. The first-order chi connectivity index (χ1) is 26.1. The maximum atomic E-state index is 6.64. The number of allylic oxidation sites excluding steroid dienone is 1. The summed E-state index contributed by atoms with van der Waals surface area (Å²) in [5.74, 6) is 0.881. The predicted molar refractivity (Wildman–Crippen MR) is 223 cm³/mol. The maximum absolute atomic E-state index is 6.64. The molecule has 3 nitrogen and oxygen atoms in total. The third-order valence-corrected chi connectivity index (χ3v) is 10.6. The largest absolute Gasteiger partial charge is 0.460 e. The third kappa shape index (κ3) is 5.12. The summed E-state index contributed by atoms with van der Waals surface area (Å²) in [5, 5.41) is 7.97. The summed E-state index contributed by atoms with van der Waals surface area (Å²) in [5.41, 5.74) is 11.5. The lowest BCUT2D eigenvalue weighted by Crippen LogP contribution is -2.17. The highest BCUT2D eigenvalue weighted by Gasteiger charge is 2.25. The van der Waals surface area contributed by atoms with Gasteiger partial charge in [0, 0.05) is 38.4 Å². The van der Waals surface area contributed by atoms with E-state index in [4.69, 9.17) is 8.83 Å². The molecule has 0 unspecified atom stereocenters. The van der Waals surface area contributed by atoms with E-state index in [2.05, 4.69) is 195 Å². The first kappa shape index (κ1) is 30.9. The lowest BCUT2D eigenvalue weighted by Gasteiger charge is -2.30. The Bertz CT molecular complexity index is 3020. The van der Waals surface area contributed by atoms with Crippen LogP contribution in [0.25, 0.3) is 82.4 Å². The van der Waals surface area contributed by atoms with Crippen molar-refractivity contribution >= 4 is 71.5 Å². The molecule has 10 rings (SSSR count). The summed E-state index contributed by atoms with van der Waals surface area (Å²) in [6.45, 7) is 4.20. The first-order valence-electron chi connectivity index (χ1n) is 18.1. The number of furan rings is 2. The Morgan fingerprint density at radius 1 is 0.491 bits per heavy atom. The van der Waals surface area contributed by atoms with Crippen LogP contribution in [0.15, 0.2) is 185 Å². The Morgan fingerprint density at radius 2 is 1.15 bits per heavy atom. The molecule has 0 atom stereocenters. The highest BCUT2D eigenvalue weighted by atomic mass is 16.3. The van der Waals surface area contributed by atoms with Gasteiger partial charge in [0.1, 0.15) is 22.5 Å². The zero-order chi connectivity index (χ0) is 35.5. The molecular formula is C50H35NO2. The lowest BCUT2D eigenvalue weighted by molar-refractivity contribution is 0.580. The van der Waals surface area contributed by atoms with Crippen molar-refractivity contribution < 1.29 is 8.83 Å². The van der Waals surface area contributed by atoms with Crippen LogP contribution in [0.4, 0.5) is 11.4 Å². The van der Waals surface area contributed by atoms with E-state index >= 15 is 0 Å². The molecule has 3 heteroatoms. The smallest absolute Gasteiger partial charge is 0.142 e. The van der Waals surface area contributed by atoms with E-state index in [0.29, 0.717) is 0 Å². The minimum absolute atomic E-state index is 0.881. The maximum Gasteiger partial charge on any atom is 0.142 e. The fraction of sp³-hybridized carbons (Fsp3) is 0.0400. The van der Waals surface area contributed by atoms with Gasteiger partial charge in [-0.15, -0.1) is 0 Å². The molecule has 0 aliphatic carbocycles. The SMILES string of the molecule is C/C=C(\c1c(C)oc2c1ccc1ccccc12)N(c1ccc(-c2ccccc2)cc1)c1ccccc1-c1ccc2oc3cc4ccccc4cc3c2c1. The quantitative estimate of drug-likeness (QED) is 0.175. The van der Waals surface area contributed by atoms with Crippen molar-refractivity contribution in [1.82, 2.24) is 0 Å². The molecule has 0 aliphatic rings. The highest BCUT2D eigenvalue weighted by molar-refractivity contribution is 6.13. The van der Waals surface area contributed by atoms with Gasteiger partial charge in [-0.25, -0.2) is 0 Å². The van der Waals surface area contributed by atoms with E-state index < -0.39 is 0 Å². The van der Waals surface area contributed by atoms with E-state index in [1.165, 1.54) is 21.9 Å². The van der Waals surface area contributed by atoms with Gasteiger partial charge in [-0.05, 0) is 95.2 Å². The zero-order valence-electron chi connectivity index (χ0n) is 29.5. The molecule has 2 aromatic heterocycles. The molecule has 0 N–H and O–H groups in total. The molecule has 8 aromatic carbocycles. The average Bonchev–Trinajstić information content (AvgIpc) is 3.75. The van der Waals surface area contributed by atoms with Crippen molar-refractivity contribution in [1.29, 1.82) is 0 Å². The van der Waals surface area contributed by atoms with Gasteiger partial charge in [0.05, 0.1) is 11.4 Å². The van der Waals surface area contributed by atoms with Crippen LogP contribution in [0.5, 0.6) is 0 Å². The molecular weight excluding hydrogens is 647 g/mol. The number of aryl methyl sites for hydroxylation is 1. The summed E-state index contributed by atoms with van der Waals surface area (Å²) < 4.78 is 13.0. The van der Waals surface area contributed by atoms with Crippen LogP contribution in [0.1, 0.15) is 18.2 Å². The monoisotopic (exact) mass is 681 g/mol. The topological polar surface area (TPSA) is 29.5 Å². The molecule has 0 radical (unpaired) electrons. The Balaban J connectivity index is 1.18. The fourth-order valence-electron chi connectivity index (χ4n) is 8.03. The normalized spacial score (nSPS) is 12.1. The van der Waals surface area contributed by atoms with Crippen molar-refractivity contribution in [2.45, 2.75) is 13.8 Å². The average molecular weight is 682 g/mol. The predicted octanol–water partition coefficient (Wildman–Crippen LogP) is 14.5.